The molecule has 8 heteroatoms. The van der Waals surface area contributed by atoms with Gasteiger partial charge in [0.1, 0.15) is 11.6 Å². The number of carbonyl (C=O) groups is 1. The summed E-state index contributed by atoms with van der Waals surface area (Å²) in [4.78, 5) is 33.1. The van der Waals surface area contributed by atoms with Crippen molar-refractivity contribution < 1.29 is 9.53 Å². The smallest absolute Gasteiger partial charge is 0.282 e. The van der Waals surface area contributed by atoms with Gasteiger partial charge in [0, 0.05) is 43.0 Å². The lowest BCUT2D eigenvalue weighted by Crippen LogP contribution is -2.25. The summed E-state index contributed by atoms with van der Waals surface area (Å²) in [5.41, 5.74) is 3.80. The Morgan fingerprint density at radius 1 is 1.07 bits per heavy atom. The van der Waals surface area contributed by atoms with Gasteiger partial charge in [-0.25, -0.2) is 4.98 Å². The van der Waals surface area contributed by atoms with Crippen molar-refractivity contribution >= 4 is 34.4 Å². The molecule has 8 nitrogen and oxygen atoms in total. The molecule has 1 aliphatic rings. The highest BCUT2D eigenvalue weighted by Gasteiger charge is 2.22. The Bertz CT molecular complexity index is 1600. The number of carbonyl (C=O) groups excluding carboxylic acids is 1. The summed E-state index contributed by atoms with van der Waals surface area (Å²) >= 11 is 0. The molecule has 0 spiro atoms. The Kier molecular flexibility index (Phi) is 8.24. The molecule has 0 aliphatic heterocycles. The molecular weight excluding hydrogens is 502 g/mol. The summed E-state index contributed by atoms with van der Waals surface area (Å²) in [5, 5.41) is 8.10. The fourth-order valence-corrected chi connectivity index (χ4v) is 5.07. The van der Waals surface area contributed by atoms with Crippen molar-refractivity contribution in [3.63, 3.8) is 0 Å². The highest BCUT2D eigenvalue weighted by molar-refractivity contribution is 5.93. The Morgan fingerprint density at radius 3 is 2.60 bits per heavy atom. The molecule has 0 radical (unpaired) electrons. The summed E-state index contributed by atoms with van der Waals surface area (Å²) in [7, 11) is 3.88. The van der Waals surface area contributed by atoms with Crippen molar-refractivity contribution in [1.29, 1.82) is 0 Å². The zero-order valence-corrected chi connectivity index (χ0v) is 23.3. The van der Waals surface area contributed by atoms with E-state index in [0.717, 1.165) is 42.6 Å². The molecule has 40 heavy (non-hydrogen) atoms. The number of ether oxygens (including phenoxy) is 1. The Morgan fingerprint density at radius 2 is 1.82 bits per heavy atom. The average molecular weight is 538 g/mol. The molecule has 1 aliphatic carbocycles. The Balaban J connectivity index is 1.47. The van der Waals surface area contributed by atoms with E-state index in [1.165, 1.54) is 11.1 Å². The van der Waals surface area contributed by atoms with Crippen LogP contribution in [0, 0.1) is 6.92 Å². The first-order valence-corrected chi connectivity index (χ1v) is 13.8. The lowest BCUT2D eigenvalue weighted by atomic mass is 9.88. The molecule has 1 N–H and O–H groups in total. The molecule has 0 unspecified atom stereocenters. The van der Waals surface area contributed by atoms with Crippen molar-refractivity contribution in [2.24, 2.45) is 5.10 Å². The number of amides is 1. The van der Waals surface area contributed by atoms with Gasteiger partial charge in [-0.05, 0) is 55.7 Å². The quantitative estimate of drug-likeness (QED) is 0.291. The summed E-state index contributed by atoms with van der Waals surface area (Å²) in [6.07, 6.45) is 7.04. The van der Waals surface area contributed by atoms with Gasteiger partial charge in [-0.3, -0.25) is 9.59 Å². The first-order chi connectivity index (χ1) is 19.4. The third-order valence-electron chi connectivity index (χ3n) is 7.35. The van der Waals surface area contributed by atoms with E-state index in [9.17, 15) is 9.59 Å². The van der Waals surface area contributed by atoms with Crippen LogP contribution in [0.25, 0.3) is 10.9 Å². The van der Waals surface area contributed by atoms with E-state index in [1.807, 2.05) is 86.6 Å². The van der Waals surface area contributed by atoms with Gasteiger partial charge in [-0.2, -0.15) is 9.78 Å². The standard InChI is InChI=1S/C32H35N5O3/c1-22-11-7-9-15-27(22)34-30(38)21-40-29-19-25(36(2)3)18-17-24(29)20-33-37-31(23-12-5-4-6-13-23)35-28-16-10-8-14-26(28)32(37)39/h7-11,14-20,23H,4-6,12-13,21H2,1-3H3,(H,34,38). The molecule has 1 aromatic heterocycles. The molecule has 0 saturated heterocycles. The van der Waals surface area contributed by atoms with Gasteiger partial charge in [0.15, 0.2) is 6.61 Å². The molecule has 206 valence electrons. The number of aromatic nitrogens is 2. The van der Waals surface area contributed by atoms with Crippen LogP contribution < -0.4 is 20.5 Å². The summed E-state index contributed by atoms with van der Waals surface area (Å²) in [6.45, 7) is 1.77. The molecule has 0 bridgehead atoms. The normalized spacial score (nSPS) is 14.0. The van der Waals surface area contributed by atoms with E-state index in [1.54, 1.807) is 12.3 Å². The third kappa shape index (κ3) is 6.06. The van der Waals surface area contributed by atoms with Gasteiger partial charge in [-0.15, -0.1) is 0 Å². The molecule has 1 heterocycles. The zero-order valence-electron chi connectivity index (χ0n) is 23.3. The van der Waals surface area contributed by atoms with Crippen molar-refractivity contribution in [3.8, 4) is 5.75 Å². The van der Waals surface area contributed by atoms with Crippen LogP contribution >= 0.6 is 0 Å². The number of nitrogens with one attached hydrogen (secondary N) is 1. The molecule has 4 aromatic rings. The monoisotopic (exact) mass is 537 g/mol. The lowest BCUT2D eigenvalue weighted by Gasteiger charge is -2.22. The van der Waals surface area contributed by atoms with Gasteiger partial charge in [0.25, 0.3) is 11.5 Å². The predicted molar refractivity (Wildman–Crippen MR) is 161 cm³/mol. The number of para-hydroxylation sites is 2. The number of rotatable bonds is 8. The Labute approximate surface area is 234 Å². The van der Waals surface area contributed by atoms with Crippen LogP contribution in [0.2, 0.25) is 0 Å². The minimum atomic E-state index is -0.262. The highest BCUT2D eigenvalue weighted by Crippen LogP contribution is 2.32. The number of hydrogen-bond acceptors (Lipinski definition) is 6. The maximum Gasteiger partial charge on any atom is 0.282 e. The molecule has 0 atom stereocenters. The molecule has 5 rings (SSSR count). The zero-order chi connectivity index (χ0) is 28.1. The summed E-state index contributed by atoms with van der Waals surface area (Å²) in [6, 6.07) is 20.7. The van der Waals surface area contributed by atoms with E-state index in [-0.39, 0.29) is 24.0 Å². The predicted octanol–water partition coefficient (Wildman–Crippen LogP) is 5.72. The first kappa shape index (κ1) is 27.1. The average Bonchev–Trinajstić information content (AvgIpc) is 2.97. The van der Waals surface area contributed by atoms with Crippen LogP contribution in [-0.4, -0.2) is 42.5 Å². The summed E-state index contributed by atoms with van der Waals surface area (Å²) < 4.78 is 7.46. The number of aryl methyl sites for hydroxylation is 1. The van der Waals surface area contributed by atoms with Gasteiger partial charge in [-0.1, -0.05) is 49.6 Å². The summed E-state index contributed by atoms with van der Waals surface area (Å²) in [5.74, 6) is 1.11. The van der Waals surface area contributed by atoms with Crippen LogP contribution in [0.1, 0.15) is 55.0 Å². The maximum absolute atomic E-state index is 13.6. The van der Waals surface area contributed by atoms with Crippen LogP contribution in [-0.2, 0) is 4.79 Å². The van der Waals surface area contributed by atoms with Crippen LogP contribution in [0.4, 0.5) is 11.4 Å². The largest absolute Gasteiger partial charge is 0.483 e. The van der Waals surface area contributed by atoms with Crippen LogP contribution in [0.3, 0.4) is 0 Å². The van der Waals surface area contributed by atoms with Crippen molar-refractivity contribution in [3.05, 3.63) is 94.0 Å². The maximum atomic E-state index is 13.6. The molecule has 3 aromatic carbocycles. The van der Waals surface area contributed by atoms with E-state index in [4.69, 9.17) is 9.72 Å². The highest BCUT2D eigenvalue weighted by atomic mass is 16.5. The minimum Gasteiger partial charge on any atom is -0.483 e. The third-order valence-corrected chi connectivity index (χ3v) is 7.35. The number of nitrogens with zero attached hydrogens (tertiary/aromatic N) is 4. The van der Waals surface area contributed by atoms with Crippen molar-refractivity contribution in [2.75, 3.05) is 30.9 Å². The Hall–Kier alpha value is -4.46. The molecular formula is C32H35N5O3. The van der Waals surface area contributed by atoms with E-state index in [0.29, 0.717) is 28.0 Å². The minimum absolute atomic E-state index is 0.170. The fraction of sp³-hybridized carbons (Fsp3) is 0.312. The number of hydrogen-bond donors (Lipinski definition) is 1. The second-order valence-electron chi connectivity index (χ2n) is 10.5. The topological polar surface area (TPSA) is 88.8 Å². The van der Waals surface area contributed by atoms with Gasteiger partial charge < -0.3 is 15.0 Å². The van der Waals surface area contributed by atoms with Gasteiger partial charge in [0.2, 0.25) is 0 Å². The van der Waals surface area contributed by atoms with Crippen LogP contribution in [0.5, 0.6) is 5.75 Å². The van der Waals surface area contributed by atoms with Crippen LogP contribution in [0.15, 0.2) is 76.6 Å². The molecule has 1 amide bonds. The van der Waals surface area contributed by atoms with Gasteiger partial charge >= 0.3 is 0 Å². The van der Waals surface area contributed by atoms with E-state index >= 15 is 0 Å². The second kappa shape index (κ2) is 12.2. The first-order valence-electron chi connectivity index (χ1n) is 13.8. The number of anilines is 2. The fourth-order valence-electron chi connectivity index (χ4n) is 5.07. The van der Waals surface area contributed by atoms with E-state index in [2.05, 4.69) is 10.4 Å². The number of fused-ring (bicyclic) bond motifs is 1. The van der Waals surface area contributed by atoms with Gasteiger partial charge in [0.05, 0.1) is 17.1 Å². The van der Waals surface area contributed by atoms with Crippen molar-refractivity contribution in [2.45, 2.75) is 44.9 Å². The molecule has 1 fully saturated rings. The SMILES string of the molecule is Cc1ccccc1NC(=O)COc1cc(N(C)C)ccc1C=Nn1c(C2CCCCC2)nc2ccccc2c1=O. The molecule has 1 saturated carbocycles. The number of benzene rings is 3. The van der Waals surface area contributed by atoms with Crippen molar-refractivity contribution in [1.82, 2.24) is 9.66 Å². The van der Waals surface area contributed by atoms with E-state index < -0.39 is 0 Å². The second-order valence-corrected chi connectivity index (χ2v) is 10.5. The lowest BCUT2D eigenvalue weighted by molar-refractivity contribution is -0.118.